The zero-order valence-corrected chi connectivity index (χ0v) is 16.6. The molecule has 0 unspecified atom stereocenters. The molecule has 2 fully saturated rings. The molecule has 1 saturated heterocycles. The summed E-state index contributed by atoms with van der Waals surface area (Å²) >= 11 is 0. The van der Waals surface area contributed by atoms with Gasteiger partial charge in [0.2, 0.25) is 0 Å². The summed E-state index contributed by atoms with van der Waals surface area (Å²) in [5, 5.41) is 3.07. The van der Waals surface area contributed by atoms with Gasteiger partial charge in [0.25, 0.3) is 0 Å². The fourth-order valence-corrected chi connectivity index (χ4v) is 3.94. The van der Waals surface area contributed by atoms with Crippen LogP contribution in [0, 0.1) is 5.82 Å². The number of imidazole rings is 1. The number of likely N-dealkylation sites (tertiary alicyclic amines) is 1. The Labute approximate surface area is 174 Å². The Morgan fingerprint density at radius 3 is 2.80 bits per heavy atom. The molecule has 0 spiro atoms. The van der Waals surface area contributed by atoms with Crippen LogP contribution in [0.15, 0.2) is 48.8 Å². The van der Waals surface area contributed by atoms with Crippen LogP contribution in [0.3, 0.4) is 0 Å². The van der Waals surface area contributed by atoms with Crippen molar-refractivity contribution in [2.75, 3.05) is 13.1 Å². The van der Waals surface area contributed by atoms with Gasteiger partial charge in [0, 0.05) is 48.6 Å². The van der Waals surface area contributed by atoms with Crippen LogP contribution in [0.1, 0.15) is 37.4 Å². The van der Waals surface area contributed by atoms with Crippen LogP contribution in [0.4, 0.5) is 9.18 Å². The van der Waals surface area contributed by atoms with E-state index in [2.05, 4.69) is 15.3 Å². The van der Waals surface area contributed by atoms with Crippen LogP contribution in [-0.4, -0.2) is 45.0 Å². The molecule has 0 bridgehead atoms. The van der Waals surface area contributed by atoms with Gasteiger partial charge in [0.1, 0.15) is 11.6 Å². The van der Waals surface area contributed by atoms with E-state index in [0.29, 0.717) is 12.6 Å². The summed E-state index contributed by atoms with van der Waals surface area (Å²) in [7, 11) is 0. The van der Waals surface area contributed by atoms with Crippen molar-refractivity contribution in [2.45, 2.75) is 37.6 Å². The lowest BCUT2D eigenvalue weighted by Crippen LogP contribution is -2.45. The number of carbonyl (C=O) groups is 1. The molecule has 1 aliphatic heterocycles. The molecule has 1 aromatic carbocycles. The van der Waals surface area contributed by atoms with Crippen molar-refractivity contribution < 1.29 is 9.18 Å². The summed E-state index contributed by atoms with van der Waals surface area (Å²) in [6.45, 7) is 1.48. The maximum atomic E-state index is 13.4. The Bertz CT molecular complexity index is 1040. The number of H-pyrrole nitrogens is 1. The normalized spacial score (nSPS) is 19.0. The SMILES string of the molecule is O=C(NC1CC1)N1CCC[C@@H](c2nc(-c3ccc(-c4cccc(F)c4)nc3)c[nH]2)C1. The minimum Gasteiger partial charge on any atom is -0.348 e. The lowest BCUT2D eigenvalue weighted by molar-refractivity contribution is 0.178. The number of amides is 2. The zero-order chi connectivity index (χ0) is 20.5. The molecule has 2 amide bonds. The number of halogens is 1. The number of benzene rings is 1. The lowest BCUT2D eigenvalue weighted by Gasteiger charge is -2.31. The molecule has 2 aromatic heterocycles. The molecule has 2 aliphatic rings. The zero-order valence-electron chi connectivity index (χ0n) is 16.6. The van der Waals surface area contributed by atoms with E-state index in [1.807, 2.05) is 29.3 Å². The van der Waals surface area contributed by atoms with Crippen molar-refractivity contribution in [1.82, 2.24) is 25.2 Å². The monoisotopic (exact) mass is 405 g/mol. The number of rotatable bonds is 4. The van der Waals surface area contributed by atoms with Crippen molar-refractivity contribution in [1.29, 1.82) is 0 Å². The van der Waals surface area contributed by atoms with Crippen LogP contribution < -0.4 is 5.32 Å². The van der Waals surface area contributed by atoms with Crippen molar-refractivity contribution in [3.8, 4) is 22.5 Å². The van der Waals surface area contributed by atoms with Gasteiger partial charge in [-0.3, -0.25) is 4.98 Å². The smallest absolute Gasteiger partial charge is 0.317 e. The van der Waals surface area contributed by atoms with E-state index in [1.54, 1.807) is 12.3 Å². The van der Waals surface area contributed by atoms with Crippen LogP contribution in [0.2, 0.25) is 0 Å². The number of nitrogens with one attached hydrogen (secondary N) is 2. The van der Waals surface area contributed by atoms with E-state index in [4.69, 9.17) is 4.98 Å². The van der Waals surface area contributed by atoms with Crippen LogP contribution >= 0.6 is 0 Å². The number of carbonyl (C=O) groups excluding carboxylic acids is 1. The number of aromatic nitrogens is 3. The highest BCUT2D eigenvalue weighted by Gasteiger charge is 2.30. The number of urea groups is 1. The van der Waals surface area contributed by atoms with Crippen molar-refractivity contribution in [3.63, 3.8) is 0 Å². The second kappa shape index (κ2) is 7.89. The van der Waals surface area contributed by atoms with Crippen LogP contribution in [-0.2, 0) is 0 Å². The number of aromatic amines is 1. The standard InChI is InChI=1S/C23H24FN5O/c24-18-5-1-3-15(11-18)20-9-6-16(12-25-20)21-13-26-22(28-21)17-4-2-10-29(14-17)23(30)27-19-7-8-19/h1,3,5-6,9,11-13,17,19H,2,4,7-8,10,14H2,(H,26,28)(H,27,30)/t17-/m1/s1. The lowest BCUT2D eigenvalue weighted by atomic mass is 9.97. The quantitative estimate of drug-likeness (QED) is 0.679. The first-order valence-corrected chi connectivity index (χ1v) is 10.5. The van der Waals surface area contributed by atoms with Gasteiger partial charge in [0.15, 0.2) is 0 Å². The number of hydrogen-bond acceptors (Lipinski definition) is 3. The van der Waals surface area contributed by atoms with E-state index in [9.17, 15) is 9.18 Å². The van der Waals surface area contributed by atoms with Gasteiger partial charge in [-0.05, 0) is 49.9 Å². The van der Waals surface area contributed by atoms with E-state index >= 15 is 0 Å². The van der Waals surface area contributed by atoms with Gasteiger partial charge in [-0.15, -0.1) is 0 Å². The molecular weight excluding hydrogens is 381 g/mol. The summed E-state index contributed by atoms with van der Waals surface area (Å²) in [4.78, 5) is 26.8. The first-order valence-electron chi connectivity index (χ1n) is 10.5. The van der Waals surface area contributed by atoms with Gasteiger partial charge in [-0.25, -0.2) is 14.2 Å². The third-order valence-electron chi connectivity index (χ3n) is 5.78. The predicted molar refractivity (Wildman–Crippen MR) is 112 cm³/mol. The molecule has 1 atom stereocenters. The molecule has 2 N–H and O–H groups in total. The fourth-order valence-electron chi connectivity index (χ4n) is 3.94. The second-order valence-electron chi connectivity index (χ2n) is 8.12. The maximum absolute atomic E-state index is 13.4. The predicted octanol–water partition coefficient (Wildman–Crippen LogP) is 4.33. The molecule has 0 radical (unpaired) electrons. The van der Waals surface area contributed by atoms with Crippen molar-refractivity contribution >= 4 is 6.03 Å². The molecule has 3 aromatic rings. The molecular formula is C23H24FN5O. The van der Waals surface area contributed by atoms with Gasteiger partial charge in [-0.2, -0.15) is 0 Å². The van der Waals surface area contributed by atoms with Gasteiger partial charge in [-0.1, -0.05) is 12.1 Å². The average Bonchev–Trinajstić information content (AvgIpc) is 3.45. The van der Waals surface area contributed by atoms with Gasteiger partial charge >= 0.3 is 6.03 Å². The van der Waals surface area contributed by atoms with Crippen LogP contribution in [0.5, 0.6) is 0 Å². The minimum absolute atomic E-state index is 0.0473. The van der Waals surface area contributed by atoms with E-state index in [0.717, 1.165) is 60.6 Å². The maximum Gasteiger partial charge on any atom is 0.317 e. The summed E-state index contributed by atoms with van der Waals surface area (Å²) < 4.78 is 13.4. The Kier molecular flexibility index (Phi) is 4.94. The van der Waals surface area contributed by atoms with Crippen molar-refractivity contribution in [2.24, 2.45) is 0 Å². The molecule has 1 saturated carbocycles. The highest BCUT2D eigenvalue weighted by molar-refractivity contribution is 5.75. The summed E-state index contributed by atoms with van der Waals surface area (Å²) in [5.74, 6) is 0.836. The number of nitrogens with zero attached hydrogens (tertiary/aromatic N) is 3. The highest BCUT2D eigenvalue weighted by Crippen LogP contribution is 2.28. The van der Waals surface area contributed by atoms with E-state index < -0.39 is 0 Å². The Hall–Kier alpha value is -3.22. The average molecular weight is 405 g/mol. The first kappa shape index (κ1) is 18.8. The highest BCUT2D eigenvalue weighted by atomic mass is 19.1. The van der Waals surface area contributed by atoms with Gasteiger partial charge < -0.3 is 15.2 Å². The molecule has 30 heavy (non-hydrogen) atoms. The molecule has 3 heterocycles. The Morgan fingerprint density at radius 2 is 2.03 bits per heavy atom. The molecule has 5 rings (SSSR count). The van der Waals surface area contributed by atoms with Crippen LogP contribution in [0.25, 0.3) is 22.5 Å². The Morgan fingerprint density at radius 1 is 1.13 bits per heavy atom. The van der Waals surface area contributed by atoms with E-state index in [1.165, 1.54) is 12.1 Å². The van der Waals surface area contributed by atoms with E-state index in [-0.39, 0.29) is 17.8 Å². The molecule has 1 aliphatic carbocycles. The third-order valence-corrected chi connectivity index (χ3v) is 5.78. The van der Waals surface area contributed by atoms with Crippen molar-refractivity contribution in [3.05, 3.63) is 60.4 Å². The molecule has 7 heteroatoms. The fraction of sp³-hybridized carbons (Fsp3) is 0.348. The molecule has 154 valence electrons. The Balaban J connectivity index is 1.28. The summed E-state index contributed by atoms with van der Waals surface area (Å²) in [5.41, 5.74) is 3.19. The second-order valence-corrected chi connectivity index (χ2v) is 8.12. The molecule has 6 nitrogen and oxygen atoms in total. The summed E-state index contributed by atoms with van der Waals surface area (Å²) in [6.07, 6.45) is 7.82. The summed E-state index contributed by atoms with van der Waals surface area (Å²) in [6, 6.07) is 10.7. The number of piperidine rings is 1. The first-order chi connectivity index (χ1) is 14.7. The number of pyridine rings is 1. The third kappa shape index (κ3) is 4.06. The minimum atomic E-state index is -0.275. The largest absolute Gasteiger partial charge is 0.348 e. The topological polar surface area (TPSA) is 73.9 Å². The number of hydrogen-bond donors (Lipinski definition) is 2. The van der Waals surface area contributed by atoms with Gasteiger partial charge in [0.05, 0.1) is 11.4 Å².